The molecule has 2 atom stereocenters. The van der Waals surface area contributed by atoms with Gasteiger partial charge < -0.3 is 30.5 Å². The molecule has 40 heavy (non-hydrogen) atoms. The summed E-state index contributed by atoms with van der Waals surface area (Å²) < 4.78 is 54.0. The van der Waals surface area contributed by atoms with Crippen LogP contribution in [0, 0.1) is 6.92 Å². The third-order valence-electron chi connectivity index (χ3n) is 6.60. The summed E-state index contributed by atoms with van der Waals surface area (Å²) in [6, 6.07) is 13.5. The summed E-state index contributed by atoms with van der Waals surface area (Å²) in [5, 5.41) is 29.9. The number of alkyl halides is 3. The fourth-order valence-electron chi connectivity index (χ4n) is 4.01. The Morgan fingerprint density at radius 3 is 2.27 bits per heavy atom. The molecule has 0 fully saturated rings. The van der Waals surface area contributed by atoms with Gasteiger partial charge in [0.25, 0.3) is 0 Å². The first-order chi connectivity index (χ1) is 18.8. The molecule has 216 valence electrons. The molecule has 1 aromatic heterocycles. The lowest BCUT2D eigenvalue weighted by Gasteiger charge is -2.32. The van der Waals surface area contributed by atoms with Crippen LogP contribution in [-0.4, -0.2) is 59.2 Å². The molecule has 5 N–H and O–H groups in total. The molecule has 1 heterocycles. The minimum atomic E-state index is -5.20. The van der Waals surface area contributed by atoms with Crippen molar-refractivity contribution in [3.8, 4) is 22.8 Å². The van der Waals surface area contributed by atoms with Crippen LogP contribution in [0.4, 0.5) is 13.2 Å². The van der Waals surface area contributed by atoms with Crippen molar-refractivity contribution < 1.29 is 42.8 Å². The number of ether oxygens (including phenoxy) is 2. The minimum absolute atomic E-state index is 0.0168. The fourth-order valence-corrected chi connectivity index (χ4v) is 4.01. The smallest absolute Gasteiger partial charge is 0.422 e. The number of methoxy groups -OCH3 is 1. The summed E-state index contributed by atoms with van der Waals surface area (Å²) in [5.74, 6) is -0.268. The number of aliphatic hydroxyl groups excluding tert-OH is 2. The number of nitrogens with two attached hydrogens (primary N) is 1. The van der Waals surface area contributed by atoms with E-state index in [9.17, 15) is 28.2 Å². The number of rotatable bonds is 12. The summed E-state index contributed by atoms with van der Waals surface area (Å²) in [7, 11) is 1.33. The minimum Gasteiger partial charge on any atom is -0.493 e. The molecule has 8 nitrogen and oxygen atoms in total. The number of hydrogen-bond donors (Lipinski definition) is 4. The maximum Gasteiger partial charge on any atom is 0.422 e. The molecule has 0 bridgehead atoms. The number of carbonyl (C=O) groups is 1. The molecule has 0 aliphatic rings. The van der Waals surface area contributed by atoms with Crippen molar-refractivity contribution in [2.24, 2.45) is 5.73 Å². The first kappa shape index (κ1) is 31.0. The normalized spacial score (nSPS) is 14.8. The van der Waals surface area contributed by atoms with Crippen LogP contribution < -0.4 is 15.2 Å². The molecule has 3 rings (SSSR count). The van der Waals surface area contributed by atoms with Crippen LogP contribution in [0.15, 0.2) is 54.6 Å². The van der Waals surface area contributed by atoms with Gasteiger partial charge in [0, 0.05) is 17.5 Å². The molecule has 0 saturated carbocycles. The van der Waals surface area contributed by atoms with Gasteiger partial charge in [0.1, 0.15) is 6.61 Å². The van der Waals surface area contributed by atoms with Crippen LogP contribution in [0.3, 0.4) is 0 Å². The van der Waals surface area contributed by atoms with Gasteiger partial charge in [-0.3, -0.25) is 4.79 Å². The Balaban J connectivity index is 2.02. The van der Waals surface area contributed by atoms with E-state index < -0.39 is 48.2 Å². The van der Waals surface area contributed by atoms with Crippen LogP contribution in [0.5, 0.6) is 11.5 Å². The average molecular weight is 563 g/mol. The molecule has 0 saturated heterocycles. The highest BCUT2D eigenvalue weighted by Gasteiger charge is 2.56. The van der Waals surface area contributed by atoms with Crippen LogP contribution in [-0.2, 0) is 11.1 Å². The number of carbonyl (C=O) groups excluding carboxylic acids is 1. The Morgan fingerprint density at radius 2 is 1.70 bits per heavy atom. The van der Waals surface area contributed by atoms with Crippen LogP contribution in [0.1, 0.15) is 46.9 Å². The number of halogens is 3. The molecule has 0 spiro atoms. The van der Waals surface area contributed by atoms with Crippen molar-refractivity contribution in [3.63, 3.8) is 0 Å². The SMILES string of the molecule is COc1cc(C(=O)CCC(O)(c2cc(C(C)(N)CO)cc(-c3ccc(C)cc3)n2)C(F)(F)F)ccc1OCCO. The largest absolute Gasteiger partial charge is 0.493 e. The first-order valence-electron chi connectivity index (χ1n) is 12.5. The van der Waals surface area contributed by atoms with E-state index in [-0.39, 0.29) is 41.5 Å². The van der Waals surface area contributed by atoms with Crippen molar-refractivity contribution in [2.45, 2.75) is 44.0 Å². The lowest BCUT2D eigenvalue weighted by Crippen LogP contribution is -2.44. The Bertz CT molecular complexity index is 1330. The van der Waals surface area contributed by atoms with E-state index in [1.807, 2.05) is 6.92 Å². The fraction of sp³-hybridized carbons (Fsp3) is 0.379. The first-order valence-corrected chi connectivity index (χ1v) is 12.5. The zero-order valence-corrected chi connectivity index (χ0v) is 22.5. The number of nitrogens with zero attached hydrogens (tertiary/aromatic N) is 1. The highest BCUT2D eigenvalue weighted by atomic mass is 19.4. The van der Waals surface area contributed by atoms with Crippen molar-refractivity contribution in [1.82, 2.24) is 4.98 Å². The number of benzene rings is 2. The van der Waals surface area contributed by atoms with Crippen LogP contribution in [0.2, 0.25) is 0 Å². The van der Waals surface area contributed by atoms with E-state index in [4.69, 9.17) is 20.3 Å². The summed E-state index contributed by atoms with van der Waals surface area (Å²) in [5.41, 5.74) is 2.20. The third kappa shape index (κ3) is 6.79. The van der Waals surface area contributed by atoms with Crippen molar-refractivity contribution >= 4 is 5.78 Å². The number of aliphatic hydroxyl groups is 3. The Morgan fingerprint density at radius 1 is 1.02 bits per heavy atom. The molecule has 0 radical (unpaired) electrons. The summed E-state index contributed by atoms with van der Waals surface area (Å²) in [6.07, 6.45) is -6.90. The number of pyridine rings is 1. The number of hydrogen-bond acceptors (Lipinski definition) is 8. The van der Waals surface area contributed by atoms with Crippen molar-refractivity contribution in [3.05, 3.63) is 77.0 Å². The second kappa shape index (κ2) is 12.3. The number of aromatic nitrogens is 1. The lowest BCUT2D eigenvalue weighted by molar-refractivity contribution is -0.270. The standard InChI is InChI=1S/C29H33F3N2O6/c1-18-4-6-19(7-5-18)22-15-21(27(2,33)17-36)16-26(34-22)28(38,29(30,31)32)11-10-23(37)20-8-9-24(40-13-12-35)25(14-20)39-3/h4-9,14-16,35-36,38H,10-13,17,33H2,1-3H3. The van der Waals surface area contributed by atoms with Crippen LogP contribution in [0.25, 0.3) is 11.3 Å². The molecule has 2 unspecified atom stereocenters. The van der Waals surface area contributed by atoms with E-state index in [1.54, 1.807) is 24.3 Å². The molecule has 0 aliphatic carbocycles. The molecular weight excluding hydrogens is 529 g/mol. The van der Waals surface area contributed by atoms with Crippen molar-refractivity contribution in [1.29, 1.82) is 0 Å². The summed E-state index contributed by atoms with van der Waals surface area (Å²) in [6.45, 7) is 2.46. The molecule has 0 aliphatic heterocycles. The zero-order chi connectivity index (χ0) is 29.7. The summed E-state index contributed by atoms with van der Waals surface area (Å²) in [4.78, 5) is 17.1. The van der Waals surface area contributed by atoms with Gasteiger partial charge in [-0.2, -0.15) is 13.2 Å². The van der Waals surface area contributed by atoms with E-state index >= 15 is 0 Å². The van der Waals surface area contributed by atoms with Crippen molar-refractivity contribution in [2.75, 3.05) is 26.9 Å². The van der Waals surface area contributed by atoms with Gasteiger partial charge >= 0.3 is 6.18 Å². The number of aryl methyl sites for hydroxylation is 1. The van der Waals surface area contributed by atoms with E-state index in [1.165, 1.54) is 38.3 Å². The van der Waals surface area contributed by atoms with Gasteiger partial charge in [0.05, 0.1) is 37.3 Å². The highest BCUT2D eigenvalue weighted by Crippen LogP contribution is 2.43. The van der Waals surface area contributed by atoms with Gasteiger partial charge in [-0.25, -0.2) is 4.98 Å². The average Bonchev–Trinajstić information content (AvgIpc) is 2.93. The van der Waals surface area contributed by atoms with E-state index in [0.29, 0.717) is 5.56 Å². The molecule has 0 amide bonds. The van der Waals surface area contributed by atoms with Gasteiger partial charge in [0.15, 0.2) is 17.3 Å². The Kier molecular flexibility index (Phi) is 9.57. The quantitative estimate of drug-likeness (QED) is 0.243. The molecule has 3 aromatic rings. The number of Topliss-reactive ketones (excluding diaryl/α,β-unsaturated/α-hetero) is 1. The van der Waals surface area contributed by atoms with E-state index in [0.717, 1.165) is 11.6 Å². The second-order valence-electron chi connectivity index (χ2n) is 9.79. The van der Waals surface area contributed by atoms with Gasteiger partial charge in [-0.15, -0.1) is 0 Å². The predicted octanol–water partition coefficient (Wildman–Crippen LogP) is 4.02. The maximum absolute atomic E-state index is 14.5. The zero-order valence-electron chi connectivity index (χ0n) is 22.5. The lowest BCUT2D eigenvalue weighted by atomic mass is 9.86. The third-order valence-corrected chi connectivity index (χ3v) is 6.60. The van der Waals surface area contributed by atoms with Gasteiger partial charge in [-0.05, 0) is 56.2 Å². The molecule has 11 heteroatoms. The molecule has 2 aromatic carbocycles. The topological polar surface area (TPSA) is 135 Å². The van der Waals surface area contributed by atoms with Crippen LogP contribution >= 0.6 is 0 Å². The number of ketones is 1. The van der Waals surface area contributed by atoms with E-state index in [2.05, 4.69) is 4.98 Å². The summed E-state index contributed by atoms with van der Waals surface area (Å²) >= 11 is 0. The maximum atomic E-state index is 14.5. The second-order valence-corrected chi connectivity index (χ2v) is 9.79. The van der Waals surface area contributed by atoms with Gasteiger partial charge in [0.2, 0.25) is 5.60 Å². The molecular formula is C29H33F3N2O6. The monoisotopic (exact) mass is 562 g/mol. The Labute approximate surface area is 230 Å². The Hall–Kier alpha value is -3.51. The highest BCUT2D eigenvalue weighted by molar-refractivity contribution is 5.96. The van der Waals surface area contributed by atoms with Gasteiger partial charge in [-0.1, -0.05) is 29.8 Å². The predicted molar refractivity (Wildman–Crippen MR) is 142 cm³/mol.